The molecule has 0 bridgehead atoms. The Morgan fingerprint density at radius 1 is 0.966 bits per heavy atom. The molecule has 0 aliphatic carbocycles. The number of benzene rings is 2. The zero-order chi connectivity index (χ0) is 21.8. The molecule has 0 heterocycles. The maximum absolute atomic E-state index is 13.4. The molecule has 0 saturated heterocycles. The molecule has 2 aromatic rings. The minimum Gasteiger partial charge on any atom is -0.311 e. The predicted molar refractivity (Wildman–Crippen MR) is 114 cm³/mol. The van der Waals surface area contributed by atoms with Gasteiger partial charge in [0.05, 0.1) is 4.90 Å². The van der Waals surface area contributed by atoms with E-state index in [1.54, 1.807) is 13.1 Å². The molecule has 0 aliphatic rings. The summed E-state index contributed by atoms with van der Waals surface area (Å²) < 4.78 is 41.1. The van der Waals surface area contributed by atoms with Crippen molar-refractivity contribution in [1.29, 1.82) is 0 Å². The van der Waals surface area contributed by atoms with Crippen LogP contribution in [-0.2, 0) is 10.0 Å². The number of rotatable bonds is 8. The Balaban J connectivity index is 2.26. The summed E-state index contributed by atoms with van der Waals surface area (Å²) in [7, 11) is -2.10. The topological polar surface area (TPSA) is 57.7 Å². The SMILES string of the molecule is CC(C)CN(CC(C)C)S(=O)(=O)c1ccc(C(=O)N(C)c2cccc(F)c2)cc1. The molecule has 2 aromatic carbocycles. The van der Waals surface area contributed by atoms with Gasteiger partial charge in [-0.15, -0.1) is 0 Å². The number of hydrogen-bond acceptors (Lipinski definition) is 3. The molecule has 0 radical (unpaired) electrons. The minimum atomic E-state index is -3.65. The maximum Gasteiger partial charge on any atom is 0.258 e. The molecule has 0 spiro atoms. The van der Waals surface area contributed by atoms with Crippen molar-refractivity contribution in [3.05, 3.63) is 59.9 Å². The summed E-state index contributed by atoms with van der Waals surface area (Å²) in [6.07, 6.45) is 0. The Morgan fingerprint density at radius 2 is 1.52 bits per heavy atom. The lowest BCUT2D eigenvalue weighted by Gasteiger charge is -2.25. The van der Waals surface area contributed by atoms with Gasteiger partial charge >= 0.3 is 0 Å². The second kappa shape index (κ2) is 9.50. The Morgan fingerprint density at radius 3 is 2.00 bits per heavy atom. The fourth-order valence-corrected chi connectivity index (χ4v) is 4.77. The van der Waals surface area contributed by atoms with Crippen LogP contribution in [-0.4, -0.2) is 38.8 Å². The maximum atomic E-state index is 13.4. The number of sulfonamides is 1. The largest absolute Gasteiger partial charge is 0.311 e. The molecule has 7 heteroatoms. The lowest BCUT2D eigenvalue weighted by atomic mass is 10.2. The monoisotopic (exact) mass is 420 g/mol. The predicted octanol–water partition coefficient (Wildman–Crippen LogP) is 4.41. The quantitative estimate of drug-likeness (QED) is 0.636. The number of halogens is 1. The van der Waals surface area contributed by atoms with Crippen LogP contribution in [0.5, 0.6) is 0 Å². The Kier molecular flexibility index (Phi) is 7.54. The molecule has 1 amide bonds. The van der Waals surface area contributed by atoms with Gasteiger partial charge in [0.25, 0.3) is 5.91 Å². The third-order valence-electron chi connectivity index (χ3n) is 4.38. The molecule has 0 aromatic heterocycles. The fraction of sp³-hybridized carbons (Fsp3) is 0.409. The van der Waals surface area contributed by atoms with Crippen LogP contribution >= 0.6 is 0 Å². The van der Waals surface area contributed by atoms with Gasteiger partial charge in [0.2, 0.25) is 10.0 Å². The molecule has 0 fully saturated rings. The summed E-state index contributed by atoms with van der Waals surface area (Å²) in [6.45, 7) is 8.78. The molecule has 0 atom stereocenters. The minimum absolute atomic E-state index is 0.156. The van der Waals surface area contributed by atoms with Crippen molar-refractivity contribution >= 4 is 21.6 Å². The van der Waals surface area contributed by atoms with Crippen LogP contribution in [0.25, 0.3) is 0 Å². The molecular weight excluding hydrogens is 391 g/mol. The standard InChI is InChI=1S/C22H29FN2O3S/c1-16(2)14-25(15-17(3)4)29(27,28)21-11-9-18(10-12-21)22(26)24(5)20-8-6-7-19(23)13-20/h6-13,16-17H,14-15H2,1-5H3. The normalized spacial score (nSPS) is 12.0. The molecule has 0 aliphatic heterocycles. The Labute approximate surface area is 173 Å². The van der Waals surface area contributed by atoms with Crippen molar-refractivity contribution in [2.24, 2.45) is 11.8 Å². The zero-order valence-electron chi connectivity index (χ0n) is 17.6. The number of hydrogen-bond donors (Lipinski definition) is 0. The van der Waals surface area contributed by atoms with Gasteiger partial charge in [-0.3, -0.25) is 4.79 Å². The van der Waals surface area contributed by atoms with Crippen LogP contribution in [0.1, 0.15) is 38.1 Å². The van der Waals surface area contributed by atoms with Gasteiger partial charge in [0, 0.05) is 31.4 Å². The van der Waals surface area contributed by atoms with Crippen LogP contribution in [0.3, 0.4) is 0 Å². The highest BCUT2D eigenvalue weighted by atomic mass is 32.2. The van der Waals surface area contributed by atoms with E-state index >= 15 is 0 Å². The van der Waals surface area contributed by atoms with E-state index in [0.29, 0.717) is 24.3 Å². The zero-order valence-corrected chi connectivity index (χ0v) is 18.4. The highest BCUT2D eigenvalue weighted by Crippen LogP contribution is 2.21. The summed E-state index contributed by atoms with van der Waals surface area (Å²) in [5.41, 5.74) is 0.752. The number of amides is 1. The van der Waals surface area contributed by atoms with Crippen molar-refractivity contribution in [2.45, 2.75) is 32.6 Å². The Bertz CT molecular complexity index is 931. The van der Waals surface area contributed by atoms with Crippen LogP contribution < -0.4 is 4.90 Å². The van der Waals surface area contributed by atoms with Crippen molar-refractivity contribution in [3.8, 4) is 0 Å². The first-order valence-corrected chi connectivity index (χ1v) is 11.1. The van der Waals surface area contributed by atoms with Gasteiger partial charge in [0.15, 0.2) is 0 Å². The van der Waals surface area contributed by atoms with E-state index in [2.05, 4.69) is 0 Å². The van der Waals surface area contributed by atoms with Gasteiger partial charge < -0.3 is 4.90 Å². The molecule has 158 valence electrons. The van der Waals surface area contributed by atoms with Crippen LogP contribution in [0, 0.1) is 17.7 Å². The van der Waals surface area contributed by atoms with E-state index in [0.717, 1.165) is 0 Å². The van der Waals surface area contributed by atoms with E-state index < -0.39 is 15.8 Å². The Hall–Kier alpha value is -2.25. The van der Waals surface area contributed by atoms with Crippen molar-refractivity contribution < 1.29 is 17.6 Å². The molecule has 29 heavy (non-hydrogen) atoms. The summed E-state index contributed by atoms with van der Waals surface area (Å²) >= 11 is 0. The molecular formula is C22H29FN2O3S. The smallest absolute Gasteiger partial charge is 0.258 e. The third-order valence-corrected chi connectivity index (χ3v) is 6.22. The lowest BCUT2D eigenvalue weighted by Crippen LogP contribution is -2.37. The number of carbonyl (C=O) groups excluding carboxylic acids is 1. The van der Waals surface area contributed by atoms with Crippen LogP contribution in [0.4, 0.5) is 10.1 Å². The third kappa shape index (κ3) is 5.87. The van der Waals surface area contributed by atoms with Gasteiger partial charge in [-0.2, -0.15) is 4.31 Å². The average molecular weight is 421 g/mol. The molecule has 2 rings (SSSR count). The van der Waals surface area contributed by atoms with Crippen molar-refractivity contribution in [1.82, 2.24) is 4.31 Å². The molecule has 0 saturated carbocycles. The van der Waals surface area contributed by atoms with Crippen LogP contribution in [0.2, 0.25) is 0 Å². The van der Waals surface area contributed by atoms with Gasteiger partial charge in [0.1, 0.15) is 5.82 Å². The molecule has 5 nitrogen and oxygen atoms in total. The summed E-state index contributed by atoms with van der Waals surface area (Å²) in [4.78, 5) is 14.2. The molecule has 0 unspecified atom stereocenters. The van der Waals surface area contributed by atoms with Gasteiger partial charge in [-0.05, 0) is 54.3 Å². The fourth-order valence-electron chi connectivity index (χ4n) is 3.00. The summed E-state index contributed by atoms with van der Waals surface area (Å²) in [6, 6.07) is 11.6. The van der Waals surface area contributed by atoms with E-state index in [-0.39, 0.29) is 22.6 Å². The van der Waals surface area contributed by atoms with E-state index in [1.165, 1.54) is 51.7 Å². The first-order valence-electron chi connectivity index (χ1n) is 9.66. The lowest BCUT2D eigenvalue weighted by molar-refractivity contribution is 0.0993. The van der Waals surface area contributed by atoms with Crippen LogP contribution in [0.15, 0.2) is 53.4 Å². The summed E-state index contributed by atoms with van der Waals surface area (Å²) in [5, 5.41) is 0. The number of carbonyl (C=O) groups is 1. The van der Waals surface area contributed by atoms with Gasteiger partial charge in [-0.25, -0.2) is 12.8 Å². The number of nitrogens with zero attached hydrogens (tertiary/aromatic N) is 2. The van der Waals surface area contributed by atoms with Gasteiger partial charge in [-0.1, -0.05) is 33.8 Å². The molecule has 0 N–H and O–H groups in total. The average Bonchev–Trinajstić information content (AvgIpc) is 2.65. The van der Waals surface area contributed by atoms with E-state index in [4.69, 9.17) is 0 Å². The second-order valence-corrected chi connectivity index (χ2v) is 9.92. The van der Waals surface area contributed by atoms with Crippen molar-refractivity contribution in [2.75, 3.05) is 25.0 Å². The highest BCUT2D eigenvalue weighted by molar-refractivity contribution is 7.89. The second-order valence-electron chi connectivity index (χ2n) is 7.98. The first-order chi connectivity index (χ1) is 13.5. The highest BCUT2D eigenvalue weighted by Gasteiger charge is 2.26. The number of anilines is 1. The van der Waals surface area contributed by atoms with E-state index in [1.807, 2.05) is 27.7 Å². The van der Waals surface area contributed by atoms with Crippen molar-refractivity contribution in [3.63, 3.8) is 0 Å². The first kappa shape index (κ1) is 23.0. The summed E-state index contributed by atoms with van der Waals surface area (Å²) in [5.74, 6) is -0.381. The van der Waals surface area contributed by atoms with E-state index in [9.17, 15) is 17.6 Å².